The SMILES string of the molecule is CC1(C)CC(=O)C2=C(C1)N(c1cc(Cl)cc(Cl)c1)C(=O)CC2/C=C/c1ccccc1. The monoisotopic (exact) mass is 439 g/mol. The lowest BCUT2D eigenvalue weighted by molar-refractivity contribution is -0.121. The molecule has 1 heterocycles. The Morgan fingerprint density at radius 3 is 2.33 bits per heavy atom. The Balaban J connectivity index is 1.82. The molecule has 4 rings (SSSR count). The molecule has 0 N–H and O–H groups in total. The van der Waals surface area contributed by atoms with Crippen molar-refractivity contribution in [3.8, 4) is 0 Å². The standard InChI is InChI=1S/C25H23Cl2NO2/c1-25(2)14-21-24(22(29)15-25)17(9-8-16-6-4-3-5-7-16)10-23(30)28(21)20-12-18(26)11-19(27)13-20/h3-9,11-13,17H,10,14-15H2,1-2H3/b9-8+. The van der Waals surface area contributed by atoms with Crippen LogP contribution >= 0.6 is 23.2 Å². The zero-order valence-electron chi connectivity index (χ0n) is 17.0. The fraction of sp³-hybridized carbons (Fsp3) is 0.280. The number of anilines is 1. The number of nitrogens with zero attached hydrogens (tertiary/aromatic N) is 1. The van der Waals surface area contributed by atoms with Crippen LogP contribution in [0.2, 0.25) is 10.0 Å². The first-order chi connectivity index (χ1) is 14.2. The molecular weight excluding hydrogens is 417 g/mol. The Labute approximate surface area is 187 Å². The van der Waals surface area contributed by atoms with Gasteiger partial charge in [0.1, 0.15) is 0 Å². The van der Waals surface area contributed by atoms with Crippen LogP contribution in [0.4, 0.5) is 5.69 Å². The highest BCUT2D eigenvalue weighted by molar-refractivity contribution is 6.35. The van der Waals surface area contributed by atoms with Crippen molar-refractivity contribution in [2.24, 2.45) is 11.3 Å². The van der Waals surface area contributed by atoms with Crippen molar-refractivity contribution in [1.82, 2.24) is 0 Å². The number of hydrogen-bond donors (Lipinski definition) is 0. The van der Waals surface area contributed by atoms with Gasteiger partial charge in [-0.1, -0.05) is 79.5 Å². The fourth-order valence-electron chi connectivity index (χ4n) is 4.38. The summed E-state index contributed by atoms with van der Waals surface area (Å²) < 4.78 is 0. The average molecular weight is 440 g/mol. The summed E-state index contributed by atoms with van der Waals surface area (Å²) in [4.78, 5) is 28.1. The van der Waals surface area contributed by atoms with Gasteiger partial charge in [0.25, 0.3) is 0 Å². The lowest BCUT2D eigenvalue weighted by atomic mass is 9.70. The van der Waals surface area contributed by atoms with Crippen molar-refractivity contribution >= 4 is 46.7 Å². The minimum Gasteiger partial charge on any atom is -0.294 e. The highest BCUT2D eigenvalue weighted by Crippen LogP contribution is 2.46. The van der Waals surface area contributed by atoms with Gasteiger partial charge in [0.05, 0.1) is 5.69 Å². The van der Waals surface area contributed by atoms with Crippen molar-refractivity contribution < 1.29 is 9.59 Å². The number of benzene rings is 2. The van der Waals surface area contributed by atoms with Gasteiger partial charge in [-0.25, -0.2) is 0 Å². The molecule has 1 amide bonds. The second-order valence-electron chi connectivity index (χ2n) is 8.74. The van der Waals surface area contributed by atoms with Crippen molar-refractivity contribution in [1.29, 1.82) is 0 Å². The maximum Gasteiger partial charge on any atom is 0.232 e. The van der Waals surface area contributed by atoms with E-state index in [0.29, 0.717) is 28.6 Å². The van der Waals surface area contributed by atoms with Gasteiger partial charge >= 0.3 is 0 Å². The Morgan fingerprint density at radius 1 is 1.00 bits per heavy atom. The molecule has 0 fully saturated rings. The fourth-order valence-corrected chi connectivity index (χ4v) is 4.89. The maximum atomic E-state index is 13.3. The molecule has 30 heavy (non-hydrogen) atoms. The molecule has 0 bridgehead atoms. The van der Waals surface area contributed by atoms with Crippen molar-refractivity contribution in [3.05, 3.63) is 81.5 Å². The largest absolute Gasteiger partial charge is 0.294 e. The molecule has 3 nitrogen and oxygen atoms in total. The highest BCUT2D eigenvalue weighted by Gasteiger charge is 2.43. The van der Waals surface area contributed by atoms with E-state index >= 15 is 0 Å². The van der Waals surface area contributed by atoms with Gasteiger partial charge in [0.15, 0.2) is 5.78 Å². The van der Waals surface area contributed by atoms with Gasteiger partial charge in [0.2, 0.25) is 5.91 Å². The first-order valence-corrected chi connectivity index (χ1v) is 10.8. The number of rotatable bonds is 3. The molecule has 0 aromatic heterocycles. The summed E-state index contributed by atoms with van der Waals surface area (Å²) in [7, 11) is 0. The van der Waals surface area contributed by atoms with Crippen LogP contribution in [0.3, 0.4) is 0 Å². The van der Waals surface area contributed by atoms with E-state index in [2.05, 4.69) is 13.8 Å². The summed E-state index contributed by atoms with van der Waals surface area (Å²) in [6.45, 7) is 4.12. The second kappa shape index (κ2) is 8.05. The topological polar surface area (TPSA) is 37.4 Å². The number of carbonyl (C=O) groups is 2. The van der Waals surface area contributed by atoms with E-state index < -0.39 is 0 Å². The minimum absolute atomic E-state index is 0.0553. The molecular formula is C25H23Cl2NO2. The van der Waals surface area contributed by atoms with Gasteiger partial charge in [0, 0.05) is 40.1 Å². The highest BCUT2D eigenvalue weighted by atomic mass is 35.5. The Kier molecular flexibility index (Phi) is 5.61. The van der Waals surface area contributed by atoms with E-state index in [1.807, 2.05) is 42.5 Å². The van der Waals surface area contributed by atoms with E-state index in [1.54, 1.807) is 23.1 Å². The Bertz CT molecular complexity index is 1050. The molecule has 2 aromatic carbocycles. The van der Waals surface area contributed by atoms with E-state index in [4.69, 9.17) is 23.2 Å². The number of halogens is 2. The third-order valence-corrected chi connectivity index (χ3v) is 6.04. The van der Waals surface area contributed by atoms with Gasteiger partial charge in [-0.3, -0.25) is 14.5 Å². The van der Waals surface area contributed by atoms with Crippen molar-refractivity contribution in [3.63, 3.8) is 0 Å². The van der Waals surface area contributed by atoms with E-state index in [-0.39, 0.29) is 29.4 Å². The summed E-state index contributed by atoms with van der Waals surface area (Å²) in [6.07, 6.45) is 5.32. The third-order valence-electron chi connectivity index (χ3n) is 5.61. The van der Waals surface area contributed by atoms with E-state index in [9.17, 15) is 9.59 Å². The third kappa shape index (κ3) is 4.23. The molecule has 0 saturated heterocycles. The molecule has 2 aliphatic rings. The zero-order chi connectivity index (χ0) is 21.5. The molecule has 154 valence electrons. The Morgan fingerprint density at radius 2 is 1.67 bits per heavy atom. The predicted molar refractivity (Wildman–Crippen MR) is 123 cm³/mol. The maximum absolute atomic E-state index is 13.3. The van der Waals surface area contributed by atoms with Crippen LogP contribution in [0.5, 0.6) is 0 Å². The summed E-state index contributed by atoms with van der Waals surface area (Å²) in [5, 5.41) is 0.917. The van der Waals surface area contributed by atoms with Crippen LogP contribution in [-0.4, -0.2) is 11.7 Å². The Hall–Kier alpha value is -2.36. The summed E-state index contributed by atoms with van der Waals surface area (Å²) in [5.74, 6) is -0.183. The van der Waals surface area contributed by atoms with Crippen LogP contribution in [-0.2, 0) is 9.59 Å². The van der Waals surface area contributed by atoms with Crippen LogP contribution in [0.25, 0.3) is 6.08 Å². The minimum atomic E-state index is -0.234. The molecule has 0 spiro atoms. The van der Waals surface area contributed by atoms with Gasteiger partial charge in [-0.2, -0.15) is 0 Å². The summed E-state index contributed by atoms with van der Waals surface area (Å²) in [6, 6.07) is 15.0. The number of ketones is 1. The summed E-state index contributed by atoms with van der Waals surface area (Å²) >= 11 is 12.4. The van der Waals surface area contributed by atoms with Gasteiger partial charge in [-0.15, -0.1) is 0 Å². The molecule has 5 heteroatoms. The van der Waals surface area contributed by atoms with E-state index in [0.717, 1.165) is 16.8 Å². The van der Waals surface area contributed by atoms with Crippen LogP contribution < -0.4 is 4.90 Å². The molecule has 0 radical (unpaired) electrons. The number of allylic oxidation sites excluding steroid dienone is 3. The number of Topliss-reactive ketones (excluding diaryl/α,β-unsaturated/α-hetero) is 1. The normalized spacial score (nSPS) is 21.3. The predicted octanol–water partition coefficient (Wildman–Crippen LogP) is 6.70. The number of carbonyl (C=O) groups excluding carboxylic acids is 2. The van der Waals surface area contributed by atoms with Crippen molar-refractivity contribution in [2.45, 2.75) is 33.1 Å². The molecule has 1 atom stereocenters. The van der Waals surface area contributed by atoms with Gasteiger partial charge < -0.3 is 0 Å². The molecule has 2 aromatic rings. The second-order valence-corrected chi connectivity index (χ2v) is 9.61. The average Bonchev–Trinajstić information content (AvgIpc) is 2.64. The molecule has 0 saturated carbocycles. The molecule has 1 unspecified atom stereocenters. The number of amides is 1. The van der Waals surface area contributed by atoms with Crippen LogP contribution in [0.15, 0.2) is 65.9 Å². The number of hydrogen-bond acceptors (Lipinski definition) is 2. The first kappa shape index (κ1) is 20.9. The smallest absolute Gasteiger partial charge is 0.232 e. The quantitative estimate of drug-likeness (QED) is 0.533. The zero-order valence-corrected chi connectivity index (χ0v) is 18.5. The van der Waals surface area contributed by atoms with Crippen LogP contribution in [0.1, 0.15) is 38.7 Å². The van der Waals surface area contributed by atoms with Gasteiger partial charge in [-0.05, 0) is 35.6 Å². The first-order valence-electron chi connectivity index (χ1n) is 10.0. The lowest BCUT2D eigenvalue weighted by Crippen LogP contribution is -2.44. The van der Waals surface area contributed by atoms with E-state index in [1.165, 1.54) is 0 Å². The van der Waals surface area contributed by atoms with Crippen molar-refractivity contribution in [2.75, 3.05) is 4.90 Å². The molecule has 1 aliphatic carbocycles. The summed E-state index contributed by atoms with van der Waals surface area (Å²) in [5.41, 5.74) is 2.94. The van der Waals surface area contributed by atoms with Crippen LogP contribution in [0, 0.1) is 11.3 Å². The lowest BCUT2D eigenvalue weighted by Gasteiger charge is -2.42. The molecule has 1 aliphatic heterocycles.